The lowest BCUT2D eigenvalue weighted by Crippen LogP contribution is -1.82. The molecule has 2 rings (SSSR count). The SMILES string of the molecule is N#Cc1ccc(-c2ccc(Cl)c(F)c2)cc1. The highest BCUT2D eigenvalue weighted by Crippen LogP contribution is 2.24. The highest BCUT2D eigenvalue weighted by molar-refractivity contribution is 6.30. The van der Waals surface area contributed by atoms with Crippen LogP contribution in [0, 0.1) is 17.1 Å². The van der Waals surface area contributed by atoms with Crippen molar-refractivity contribution in [3.63, 3.8) is 0 Å². The lowest BCUT2D eigenvalue weighted by molar-refractivity contribution is 0.629. The molecule has 0 aromatic heterocycles. The molecule has 3 heteroatoms. The van der Waals surface area contributed by atoms with Gasteiger partial charge in [0.15, 0.2) is 0 Å². The summed E-state index contributed by atoms with van der Waals surface area (Å²) in [5.74, 6) is -0.441. The summed E-state index contributed by atoms with van der Waals surface area (Å²) in [6.07, 6.45) is 0. The van der Waals surface area contributed by atoms with Gasteiger partial charge in [-0.25, -0.2) is 4.39 Å². The van der Waals surface area contributed by atoms with Crippen LogP contribution in [-0.2, 0) is 0 Å². The molecule has 0 heterocycles. The Balaban J connectivity index is 2.43. The molecule has 0 fully saturated rings. The van der Waals surface area contributed by atoms with Crippen LogP contribution in [0.3, 0.4) is 0 Å². The van der Waals surface area contributed by atoms with E-state index in [0.717, 1.165) is 11.1 Å². The molecule has 16 heavy (non-hydrogen) atoms. The van der Waals surface area contributed by atoms with E-state index in [1.807, 2.05) is 6.07 Å². The van der Waals surface area contributed by atoms with Gasteiger partial charge in [0, 0.05) is 0 Å². The molecule has 0 bridgehead atoms. The molecule has 0 aliphatic rings. The normalized spacial score (nSPS) is 9.81. The number of halogens is 2. The maximum absolute atomic E-state index is 13.2. The average molecular weight is 232 g/mol. The summed E-state index contributed by atoms with van der Waals surface area (Å²) in [6, 6.07) is 13.6. The van der Waals surface area contributed by atoms with Gasteiger partial charge in [-0.05, 0) is 35.4 Å². The highest BCUT2D eigenvalue weighted by Gasteiger charge is 2.03. The van der Waals surface area contributed by atoms with Gasteiger partial charge >= 0.3 is 0 Å². The van der Waals surface area contributed by atoms with Gasteiger partial charge in [-0.1, -0.05) is 29.8 Å². The molecule has 0 aliphatic heterocycles. The summed E-state index contributed by atoms with van der Waals surface area (Å²) in [5.41, 5.74) is 2.18. The molecule has 2 aromatic carbocycles. The number of benzene rings is 2. The van der Waals surface area contributed by atoms with Gasteiger partial charge in [-0.2, -0.15) is 5.26 Å². The first-order valence-electron chi connectivity index (χ1n) is 4.66. The van der Waals surface area contributed by atoms with Crippen molar-refractivity contribution in [2.45, 2.75) is 0 Å². The molecule has 0 unspecified atom stereocenters. The van der Waals surface area contributed by atoms with Crippen molar-refractivity contribution >= 4 is 11.6 Å². The topological polar surface area (TPSA) is 23.8 Å². The molecule has 0 N–H and O–H groups in total. The first-order chi connectivity index (χ1) is 7.70. The second-order valence-corrected chi connectivity index (χ2v) is 3.73. The predicted molar refractivity (Wildman–Crippen MR) is 61.6 cm³/mol. The van der Waals surface area contributed by atoms with Crippen LogP contribution in [0.15, 0.2) is 42.5 Å². The summed E-state index contributed by atoms with van der Waals surface area (Å²) in [7, 11) is 0. The van der Waals surface area contributed by atoms with Crippen molar-refractivity contribution in [1.29, 1.82) is 5.26 Å². The van der Waals surface area contributed by atoms with E-state index >= 15 is 0 Å². The fourth-order valence-corrected chi connectivity index (χ4v) is 1.53. The predicted octanol–water partition coefficient (Wildman–Crippen LogP) is 4.02. The Morgan fingerprint density at radius 3 is 2.19 bits per heavy atom. The molecule has 0 amide bonds. The minimum absolute atomic E-state index is 0.109. The second kappa shape index (κ2) is 4.34. The van der Waals surface area contributed by atoms with E-state index in [0.29, 0.717) is 5.56 Å². The maximum Gasteiger partial charge on any atom is 0.142 e. The van der Waals surface area contributed by atoms with Gasteiger partial charge in [0.2, 0.25) is 0 Å². The van der Waals surface area contributed by atoms with Crippen LogP contribution in [0.2, 0.25) is 5.02 Å². The van der Waals surface area contributed by atoms with E-state index < -0.39 is 5.82 Å². The van der Waals surface area contributed by atoms with Crippen molar-refractivity contribution in [3.05, 3.63) is 58.9 Å². The molecular formula is C13H7ClFN. The number of hydrogen-bond acceptors (Lipinski definition) is 1. The van der Waals surface area contributed by atoms with Crippen LogP contribution in [0.25, 0.3) is 11.1 Å². The van der Waals surface area contributed by atoms with E-state index in [-0.39, 0.29) is 5.02 Å². The summed E-state index contributed by atoms with van der Waals surface area (Å²) < 4.78 is 13.2. The molecule has 78 valence electrons. The minimum atomic E-state index is -0.441. The van der Waals surface area contributed by atoms with Gasteiger partial charge in [-0.3, -0.25) is 0 Å². The van der Waals surface area contributed by atoms with Crippen LogP contribution in [-0.4, -0.2) is 0 Å². The van der Waals surface area contributed by atoms with Gasteiger partial charge in [-0.15, -0.1) is 0 Å². The molecule has 0 atom stereocenters. The number of nitriles is 1. The summed E-state index contributed by atoms with van der Waals surface area (Å²) in [6.45, 7) is 0. The monoisotopic (exact) mass is 231 g/mol. The smallest absolute Gasteiger partial charge is 0.142 e. The van der Waals surface area contributed by atoms with Crippen molar-refractivity contribution in [1.82, 2.24) is 0 Å². The van der Waals surface area contributed by atoms with Crippen molar-refractivity contribution in [2.24, 2.45) is 0 Å². The largest absolute Gasteiger partial charge is 0.205 e. The first-order valence-corrected chi connectivity index (χ1v) is 5.04. The summed E-state index contributed by atoms with van der Waals surface area (Å²) >= 11 is 5.60. The fourth-order valence-electron chi connectivity index (χ4n) is 1.41. The van der Waals surface area contributed by atoms with Crippen LogP contribution >= 0.6 is 11.6 Å². The fraction of sp³-hybridized carbons (Fsp3) is 0. The zero-order valence-electron chi connectivity index (χ0n) is 8.24. The Labute approximate surface area is 97.7 Å². The third-order valence-corrected chi connectivity index (χ3v) is 2.57. The lowest BCUT2D eigenvalue weighted by atomic mass is 10.0. The van der Waals surface area contributed by atoms with E-state index in [1.165, 1.54) is 12.1 Å². The second-order valence-electron chi connectivity index (χ2n) is 3.32. The molecule has 1 nitrogen and oxygen atoms in total. The first kappa shape index (κ1) is 10.7. The van der Waals surface area contributed by atoms with E-state index in [2.05, 4.69) is 0 Å². The third-order valence-electron chi connectivity index (χ3n) is 2.27. The van der Waals surface area contributed by atoms with E-state index in [4.69, 9.17) is 16.9 Å². The zero-order valence-corrected chi connectivity index (χ0v) is 9.00. The van der Waals surface area contributed by atoms with Crippen molar-refractivity contribution < 1.29 is 4.39 Å². The number of rotatable bonds is 1. The molecule has 0 saturated heterocycles. The molecule has 2 aromatic rings. The number of hydrogen-bond donors (Lipinski definition) is 0. The Bertz CT molecular complexity index is 555. The van der Waals surface area contributed by atoms with Crippen LogP contribution in [0.4, 0.5) is 4.39 Å². The molecular weight excluding hydrogens is 225 g/mol. The van der Waals surface area contributed by atoms with Crippen molar-refractivity contribution in [2.75, 3.05) is 0 Å². The molecule has 0 spiro atoms. The van der Waals surface area contributed by atoms with Crippen molar-refractivity contribution in [3.8, 4) is 17.2 Å². The maximum atomic E-state index is 13.2. The minimum Gasteiger partial charge on any atom is -0.205 e. The van der Waals surface area contributed by atoms with Gasteiger partial charge in [0.05, 0.1) is 16.7 Å². The summed E-state index contributed by atoms with van der Waals surface area (Å²) in [5, 5.41) is 8.76. The quantitative estimate of drug-likeness (QED) is 0.727. The standard InChI is InChI=1S/C13H7ClFN/c14-12-6-5-11(7-13(12)15)10-3-1-9(8-16)2-4-10/h1-7H. The van der Waals surface area contributed by atoms with Crippen LogP contribution < -0.4 is 0 Å². The number of nitrogens with zero attached hydrogens (tertiary/aromatic N) is 1. The van der Waals surface area contributed by atoms with Gasteiger partial charge < -0.3 is 0 Å². The lowest BCUT2D eigenvalue weighted by Gasteiger charge is -2.02. The average Bonchev–Trinajstić information content (AvgIpc) is 2.33. The van der Waals surface area contributed by atoms with E-state index in [1.54, 1.807) is 30.3 Å². The zero-order chi connectivity index (χ0) is 11.5. The molecule has 0 aliphatic carbocycles. The Morgan fingerprint density at radius 1 is 1.00 bits per heavy atom. The Kier molecular flexibility index (Phi) is 2.89. The summed E-state index contributed by atoms with van der Waals surface area (Å²) in [4.78, 5) is 0. The highest BCUT2D eigenvalue weighted by atomic mass is 35.5. The Hall–Kier alpha value is -1.85. The van der Waals surface area contributed by atoms with Crippen LogP contribution in [0.5, 0.6) is 0 Å². The van der Waals surface area contributed by atoms with Gasteiger partial charge in [0.1, 0.15) is 5.82 Å². The molecule has 0 radical (unpaired) electrons. The molecule has 0 saturated carbocycles. The Morgan fingerprint density at radius 2 is 1.62 bits per heavy atom. The van der Waals surface area contributed by atoms with E-state index in [9.17, 15) is 4.39 Å². The third kappa shape index (κ3) is 2.05. The van der Waals surface area contributed by atoms with Gasteiger partial charge in [0.25, 0.3) is 0 Å². The van der Waals surface area contributed by atoms with Crippen LogP contribution in [0.1, 0.15) is 5.56 Å².